The largest absolute Gasteiger partial charge is 0.481 e. The molecule has 0 bridgehead atoms. The highest BCUT2D eigenvalue weighted by molar-refractivity contribution is 5.85. The molecule has 2 rings (SSSR count). The number of aromatic carboxylic acids is 1. The number of nitrogens with zero attached hydrogens (tertiary/aromatic N) is 3. The van der Waals surface area contributed by atoms with Gasteiger partial charge in [0, 0.05) is 24.5 Å². The molecule has 0 radical (unpaired) electrons. The lowest BCUT2D eigenvalue weighted by Crippen LogP contribution is -2.09. The van der Waals surface area contributed by atoms with Crippen LogP contribution in [0.3, 0.4) is 0 Å². The second-order valence-electron chi connectivity index (χ2n) is 4.08. The van der Waals surface area contributed by atoms with Gasteiger partial charge >= 0.3 is 5.97 Å². The number of methoxy groups -OCH3 is 1. The fourth-order valence-electron chi connectivity index (χ4n) is 1.61. The van der Waals surface area contributed by atoms with Crippen LogP contribution in [0.5, 0.6) is 5.88 Å². The molecule has 0 atom stereocenters. The van der Waals surface area contributed by atoms with E-state index >= 15 is 0 Å². The van der Waals surface area contributed by atoms with Crippen molar-refractivity contribution in [1.29, 1.82) is 0 Å². The van der Waals surface area contributed by atoms with E-state index in [1.165, 1.54) is 6.07 Å². The number of nitrogens with one attached hydrogen (secondary N) is 1. The predicted octanol–water partition coefficient (Wildman–Crippen LogP) is 1.50. The topological polar surface area (TPSA) is 97.2 Å². The van der Waals surface area contributed by atoms with E-state index in [1.54, 1.807) is 26.3 Å². The summed E-state index contributed by atoms with van der Waals surface area (Å²) in [7, 11) is 1.54. The number of rotatable bonds is 5. The summed E-state index contributed by atoms with van der Waals surface area (Å²) in [5.74, 6) is -0.289. The Morgan fingerprint density at radius 3 is 2.90 bits per heavy atom. The number of carboxylic acid groups (broad SMARTS) is 1. The molecule has 2 aromatic rings. The maximum atomic E-state index is 10.9. The van der Waals surface area contributed by atoms with Crippen molar-refractivity contribution in [3.63, 3.8) is 0 Å². The summed E-state index contributed by atoms with van der Waals surface area (Å²) in [5, 5.41) is 11.9. The number of ether oxygens (including phenoxy) is 1. The number of carboxylic acids is 1. The highest BCUT2D eigenvalue weighted by atomic mass is 16.5. The molecule has 7 heteroatoms. The summed E-state index contributed by atoms with van der Waals surface area (Å²) in [5.41, 5.74) is 1.48. The van der Waals surface area contributed by atoms with Crippen LogP contribution < -0.4 is 10.1 Å². The second-order valence-corrected chi connectivity index (χ2v) is 4.08. The summed E-state index contributed by atoms with van der Waals surface area (Å²) in [6.45, 7) is 2.16. The first-order chi connectivity index (χ1) is 9.58. The number of aryl methyl sites for hydroxylation is 1. The molecule has 104 valence electrons. The minimum atomic E-state index is -1.08. The van der Waals surface area contributed by atoms with Gasteiger partial charge in [0.1, 0.15) is 0 Å². The predicted molar refractivity (Wildman–Crippen MR) is 71.8 cm³/mol. The van der Waals surface area contributed by atoms with Crippen molar-refractivity contribution in [2.24, 2.45) is 0 Å². The molecule has 0 amide bonds. The Bertz CT molecular complexity index is 631. The zero-order valence-electron chi connectivity index (χ0n) is 11.1. The van der Waals surface area contributed by atoms with Crippen molar-refractivity contribution in [1.82, 2.24) is 15.0 Å². The van der Waals surface area contributed by atoms with Gasteiger partial charge in [0.05, 0.1) is 7.11 Å². The van der Waals surface area contributed by atoms with E-state index in [-0.39, 0.29) is 11.6 Å². The van der Waals surface area contributed by atoms with Gasteiger partial charge in [0.25, 0.3) is 0 Å². The third-order valence-corrected chi connectivity index (χ3v) is 2.53. The molecule has 0 aliphatic carbocycles. The summed E-state index contributed by atoms with van der Waals surface area (Å²) in [4.78, 5) is 23.0. The van der Waals surface area contributed by atoms with Gasteiger partial charge in [-0.3, -0.25) is 0 Å². The average Bonchev–Trinajstić information content (AvgIpc) is 2.44. The van der Waals surface area contributed by atoms with E-state index in [2.05, 4.69) is 20.3 Å². The molecule has 0 fully saturated rings. The summed E-state index contributed by atoms with van der Waals surface area (Å²) in [6.07, 6.45) is 1.63. The highest BCUT2D eigenvalue weighted by Gasteiger charge is 2.08. The molecule has 0 aromatic carbocycles. The quantitative estimate of drug-likeness (QED) is 0.852. The van der Waals surface area contributed by atoms with Crippen molar-refractivity contribution in [3.8, 4) is 5.88 Å². The van der Waals surface area contributed by atoms with Gasteiger partial charge in [-0.1, -0.05) is 0 Å². The minimum absolute atomic E-state index is 0.0349. The van der Waals surface area contributed by atoms with Crippen molar-refractivity contribution in [3.05, 3.63) is 41.3 Å². The van der Waals surface area contributed by atoms with Gasteiger partial charge in [0.2, 0.25) is 11.8 Å². The van der Waals surface area contributed by atoms with Gasteiger partial charge in [-0.05, 0) is 24.6 Å². The summed E-state index contributed by atoms with van der Waals surface area (Å²) in [6, 6.07) is 5.02. The van der Waals surface area contributed by atoms with Gasteiger partial charge in [0.15, 0.2) is 5.69 Å². The lowest BCUT2D eigenvalue weighted by Gasteiger charge is -2.07. The van der Waals surface area contributed by atoms with Gasteiger partial charge in [-0.15, -0.1) is 0 Å². The molecular weight excluding hydrogens is 260 g/mol. The standard InChI is InChI=1S/C13H14N4O3/c1-8-5-10(12(18)19)17-13(16-8)15-7-9-3-4-14-11(6-9)20-2/h3-6H,7H2,1-2H3,(H,18,19)(H,15,16,17). The molecule has 0 saturated carbocycles. The van der Waals surface area contributed by atoms with Crippen LogP contribution >= 0.6 is 0 Å². The van der Waals surface area contributed by atoms with Crippen molar-refractivity contribution < 1.29 is 14.6 Å². The Morgan fingerprint density at radius 1 is 1.40 bits per heavy atom. The number of hydrogen-bond acceptors (Lipinski definition) is 6. The summed E-state index contributed by atoms with van der Waals surface area (Å²) >= 11 is 0. The van der Waals surface area contributed by atoms with E-state index in [9.17, 15) is 4.79 Å². The Hall–Kier alpha value is -2.70. The minimum Gasteiger partial charge on any atom is -0.481 e. The van der Waals surface area contributed by atoms with Crippen LogP contribution in [-0.4, -0.2) is 33.1 Å². The van der Waals surface area contributed by atoms with E-state index in [0.717, 1.165) is 5.56 Å². The van der Waals surface area contributed by atoms with Crippen LogP contribution in [0, 0.1) is 6.92 Å². The maximum absolute atomic E-state index is 10.9. The van der Waals surface area contributed by atoms with Gasteiger partial charge in [-0.25, -0.2) is 19.7 Å². The third-order valence-electron chi connectivity index (χ3n) is 2.53. The molecule has 0 spiro atoms. The number of anilines is 1. The van der Waals surface area contributed by atoms with E-state index in [4.69, 9.17) is 9.84 Å². The smallest absolute Gasteiger partial charge is 0.354 e. The highest BCUT2D eigenvalue weighted by Crippen LogP contribution is 2.11. The molecule has 0 unspecified atom stereocenters. The number of hydrogen-bond donors (Lipinski definition) is 2. The molecular formula is C13H14N4O3. The maximum Gasteiger partial charge on any atom is 0.354 e. The molecule has 0 saturated heterocycles. The van der Waals surface area contributed by atoms with E-state index < -0.39 is 5.97 Å². The van der Waals surface area contributed by atoms with Crippen LogP contribution in [0.1, 0.15) is 21.7 Å². The van der Waals surface area contributed by atoms with Crippen LogP contribution in [0.25, 0.3) is 0 Å². The van der Waals surface area contributed by atoms with E-state index in [1.807, 2.05) is 6.07 Å². The molecule has 0 aliphatic heterocycles. The van der Waals surface area contributed by atoms with Crippen molar-refractivity contribution >= 4 is 11.9 Å². The molecule has 2 N–H and O–H groups in total. The average molecular weight is 274 g/mol. The van der Waals surface area contributed by atoms with Crippen LogP contribution in [-0.2, 0) is 6.54 Å². The van der Waals surface area contributed by atoms with Gasteiger partial charge < -0.3 is 15.2 Å². The second kappa shape index (κ2) is 5.96. The Kier molecular flexibility index (Phi) is 4.09. The lowest BCUT2D eigenvalue weighted by molar-refractivity contribution is 0.0690. The third kappa shape index (κ3) is 3.41. The zero-order valence-corrected chi connectivity index (χ0v) is 11.1. The molecule has 0 aliphatic rings. The first-order valence-corrected chi connectivity index (χ1v) is 5.90. The van der Waals surface area contributed by atoms with Gasteiger partial charge in [-0.2, -0.15) is 0 Å². The monoisotopic (exact) mass is 274 g/mol. The van der Waals surface area contributed by atoms with Crippen LogP contribution in [0.4, 0.5) is 5.95 Å². The SMILES string of the molecule is COc1cc(CNc2nc(C)cc(C(=O)O)n2)ccn1. The lowest BCUT2D eigenvalue weighted by atomic mass is 10.2. The first-order valence-electron chi connectivity index (χ1n) is 5.90. The van der Waals surface area contributed by atoms with Crippen molar-refractivity contribution in [2.75, 3.05) is 12.4 Å². The molecule has 7 nitrogen and oxygen atoms in total. The number of aromatic nitrogens is 3. The summed E-state index contributed by atoms with van der Waals surface area (Å²) < 4.78 is 5.03. The van der Waals surface area contributed by atoms with Crippen molar-refractivity contribution in [2.45, 2.75) is 13.5 Å². The zero-order chi connectivity index (χ0) is 14.5. The Balaban J connectivity index is 2.12. The van der Waals surface area contributed by atoms with Crippen LogP contribution in [0.15, 0.2) is 24.4 Å². The molecule has 20 heavy (non-hydrogen) atoms. The number of carbonyl (C=O) groups is 1. The number of pyridine rings is 1. The fourth-order valence-corrected chi connectivity index (χ4v) is 1.61. The normalized spacial score (nSPS) is 10.1. The van der Waals surface area contributed by atoms with E-state index in [0.29, 0.717) is 18.1 Å². The Labute approximate surface area is 115 Å². The molecule has 2 aromatic heterocycles. The Morgan fingerprint density at radius 2 is 2.20 bits per heavy atom. The van der Waals surface area contributed by atoms with Crippen LogP contribution in [0.2, 0.25) is 0 Å². The first kappa shape index (κ1) is 13.7. The fraction of sp³-hybridized carbons (Fsp3) is 0.231. The molecule has 2 heterocycles.